The minimum absolute atomic E-state index is 0.290. The molecule has 3 rings (SSSR count). The Morgan fingerprint density at radius 3 is 2.54 bits per heavy atom. The summed E-state index contributed by atoms with van der Waals surface area (Å²) in [6.45, 7) is 0. The second kappa shape index (κ2) is 6.67. The molecule has 1 heterocycles. The van der Waals surface area contributed by atoms with Gasteiger partial charge in [-0.2, -0.15) is 5.26 Å². The van der Waals surface area contributed by atoms with Crippen LogP contribution in [-0.2, 0) is 4.79 Å². The van der Waals surface area contributed by atoms with Gasteiger partial charge in [-0.3, -0.25) is 0 Å². The normalized spacial score (nSPS) is 11.7. The fourth-order valence-electron chi connectivity index (χ4n) is 2.47. The van der Waals surface area contributed by atoms with E-state index < -0.39 is 5.97 Å². The number of aliphatic carboxylic acids is 1. The summed E-state index contributed by atoms with van der Waals surface area (Å²) in [7, 11) is 0. The van der Waals surface area contributed by atoms with Gasteiger partial charge in [-0.25, -0.2) is 4.79 Å². The monoisotopic (exact) mass is 314 g/mol. The van der Waals surface area contributed by atoms with Crippen molar-refractivity contribution < 1.29 is 9.90 Å². The molecule has 3 aromatic rings. The van der Waals surface area contributed by atoms with E-state index in [2.05, 4.69) is 22.8 Å². The predicted molar refractivity (Wildman–Crippen MR) is 93.6 cm³/mol. The molecule has 0 atom stereocenters. The lowest BCUT2D eigenvalue weighted by atomic mass is 10.1. The molecule has 0 fully saturated rings. The molecule has 4 heteroatoms. The number of nitrogens with zero attached hydrogens (tertiary/aromatic N) is 2. The van der Waals surface area contributed by atoms with E-state index in [1.54, 1.807) is 18.2 Å². The number of carboxylic acids is 1. The Kier molecular flexibility index (Phi) is 4.26. The first-order valence-electron chi connectivity index (χ1n) is 7.37. The topological polar surface area (TPSA) is 66.0 Å². The standard InChI is InChI=1S/C20H14N2O2/c21-14-17(20(23)24)6-3-4-15-8-10-18(11-9-15)22-13-12-16-5-1-2-7-19(16)22/h1-13H,(H,23,24). The number of hydrogen-bond acceptors (Lipinski definition) is 2. The van der Waals surface area contributed by atoms with Crippen molar-refractivity contribution in [3.8, 4) is 11.8 Å². The van der Waals surface area contributed by atoms with E-state index in [1.807, 2.05) is 42.6 Å². The molecule has 1 N–H and O–H groups in total. The summed E-state index contributed by atoms with van der Waals surface area (Å²) in [6, 6.07) is 19.8. The van der Waals surface area contributed by atoms with Gasteiger partial charge >= 0.3 is 5.97 Å². The second-order valence-electron chi connectivity index (χ2n) is 5.19. The number of fused-ring (bicyclic) bond motifs is 1. The summed E-state index contributed by atoms with van der Waals surface area (Å²) in [5, 5.41) is 18.6. The van der Waals surface area contributed by atoms with Crippen LogP contribution in [0.3, 0.4) is 0 Å². The molecule has 0 amide bonds. The fraction of sp³-hybridized carbons (Fsp3) is 0. The van der Waals surface area contributed by atoms with Crippen LogP contribution in [0.2, 0.25) is 0 Å². The summed E-state index contributed by atoms with van der Waals surface area (Å²) < 4.78 is 2.11. The molecule has 1 aromatic heterocycles. The average molecular weight is 314 g/mol. The molecule has 0 saturated heterocycles. The molecule has 0 aliphatic carbocycles. The van der Waals surface area contributed by atoms with E-state index in [-0.39, 0.29) is 5.57 Å². The maximum Gasteiger partial charge on any atom is 0.346 e. The van der Waals surface area contributed by atoms with E-state index in [4.69, 9.17) is 10.4 Å². The third kappa shape index (κ3) is 3.11. The fourth-order valence-corrected chi connectivity index (χ4v) is 2.47. The molecule has 2 aromatic carbocycles. The molecule has 0 aliphatic rings. The summed E-state index contributed by atoms with van der Waals surface area (Å²) in [5.41, 5.74) is 2.83. The highest BCUT2D eigenvalue weighted by atomic mass is 16.4. The van der Waals surface area contributed by atoms with Crippen molar-refractivity contribution in [2.24, 2.45) is 0 Å². The Hall–Kier alpha value is -3.58. The first-order valence-corrected chi connectivity index (χ1v) is 7.37. The largest absolute Gasteiger partial charge is 0.477 e. The SMILES string of the molecule is N#CC(=CC=Cc1ccc(-n2ccc3ccccc32)cc1)C(=O)O. The zero-order valence-corrected chi connectivity index (χ0v) is 12.8. The molecule has 0 radical (unpaired) electrons. The van der Waals surface area contributed by atoms with Crippen LogP contribution in [-0.4, -0.2) is 15.6 Å². The molecule has 0 aliphatic heterocycles. The minimum Gasteiger partial charge on any atom is -0.477 e. The van der Waals surface area contributed by atoms with Crippen LogP contribution >= 0.6 is 0 Å². The van der Waals surface area contributed by atoms with Gasteiger partial charge in [0.25, 0.3) is 0 Å². The maximum absolute atomic E-state index is 10.7. The van der Waals surface area contributed by atoms with E-state index in [9.17, 15) is 4.79 Å². The number of carbonyl (C=O) groups is 1. The van der Waals surface area contributed by atoms with Gasteiger partial charge in [0.2, 0.25) is 0 Å². The van der Waals surface area contributed by atoms with Crippen LogP contribution in [0.5, 0.6) is 0 Å². The van der Waals surface area contributed by atoms with Gasteiger partial charge in [0.05, 0.1) is 5.52 Å². The highest BCUT2D eigenvalue weighted by Crippen LogP contribution is 2.20. The predicted octanol–water partition coefficient (Wildman–Crippen LogP) is 4.18. The Labute approximate surface area is 139 Å². The Morgan fingerprint density at radius 2 is 1.83 bits per heavy atom. The van der Waals surface area contributed by atoms with Crippen molar-refractivity contribution in [2.45, 2.75) is 0 Å². The minimum atomic E-state index is -1.23. The average Bonchev–Trinajstić information content (AvgIpc) is 3.03. The van der Waals surface area contributed by atoms with Crippen LogP contribution in [0.15, 0.2) is 78.5 Å². The number of hydrogen-bond donors (Lipinski definition) is 1. The number of benzene rings is 2. The van der Waals surface area contributed by atoms with Gasteiger partial charge < -0.3 is 9.67 Å². The van der Waals surface area contributed by atoms with Crippen LogP contribution in [0.1, 0.15) is 5.56 Å². The lowest BCUT2D eigenvalue weighted by Crippen LogP contribution is -1.96. The summed E-state index contributed by atoms with van der Waals surface area (Å²) >= 11 is 0. The van der Waals surface area contributed by atoms with E-state index in [0.29, 0.717) is 0 Å². The van der Waals surface area contributed by atoms with Crippen molar-refractivity contribution in [3.63, 3.8) is 0 Å². The number of carboxylic acid groups (broad SMARTS) is 1. The van der Waals surface area contributed by atoms with Crippen LogP contribution in [0.4, 0.5) is 0 Å². The second-order valence-corrected chi connectivity index (χ2v) is 5.19. The van der Waals surface area contributed by atoms with Gasteiger partial charge in [0.1, 0.15) is 11.6 Å². The molecular formula is C20H14N2O2. The molecule has 0 bridgehead atoms. The molecule has 116 valence electrons. The Balaban J connectivity index is 1.84. The summed E-state index contributed by atoms with van der Waals surface area (Å²) in [6.07, 6.45) is 6.64. The molecule has 0 saturated carbocycles. The number of rotatable bonds is 4. The highest BCUT2D eigenvalue weighted by molar-refractivity contribution is 5.91. The van der Waals surface area contributed by atoms with Gasteiger partial charge in [-0.05, 0) is 41.3 Å². The van der Waals surface area contributed by atoms with Crippen LogP contribution < -0.4 is 0 Å². The van der Waals surface area contributed by atoms with Crippen molar-refractivity contribution in [1.29, 1.82) is 5.26 Å². The van der Waals surface area contributed by atoms with E-state index in [1.165, 1.54) is 11.5 Å². The zero-order chi connectivity index (χ0) is 16.9. The number of allylic oxidation sites excluding steroid dienone is 2. The van der Waals surface area contributed by atoms with Crippen molar-refractivity contribution in [3.05, 3.63) is 84.1 Å². The number of para-hydroxylation sites is 1. The summed E-state index contributed by atoms with van der Waals surface area (Å²) in [4.78, 5) is 10.7. The van der Waals surface area contributed by atoms with Crippen molar-refractivity contribution in [2.75, 3.05) is 0 Å². The first-order chi connectivity index (χ1) is 11.7. The maximum atomic E-state index is 10.7. The van der Waals surface area contributed by atoms with E-state index in [0.717, 1.165) is 16.8 Å². The zero-order valence-electron chi connectivity index (χ0n) is 12.8. The lowest BCUT2D eigenvalue weighted by Gasteiger charge is -2.05. The molecule has 24 heavy (non-hydrogen) atoms. The smallest absolute Gasteiger partial charge is 0.346 e. The molecular weight excluding hydrogens is 300 g/mol. The summed E-state index contributed by atoms with van der Waals surface area (Å²) in [5.74, 6) is -1.23. The third-order valence-electron chi connectivity index (χ3n) is 3.67. The lowest BCUT2D eigenvalue weighted by molar-refractivity contribution is -0.132. The van der Waals surface area contributed by atoms with E-state index >= 15 is 0 Å². The number of nitriles is 1. The Morgan fingerprint density at radius 1 is 1.08 bits per heavy atom. The number of aromatic nitrogens is 1. The van der Waals surface area contributed by atoms with Crippen LogP contribution in [0.25, 0.3) is 22.7 Å². The van der Waals surface area contributed by atoms with Gasteiger partial charge in [0.15, 0.2) is 0 Å². The van der Waals surface area contributed by atoms with Gasteiger partial charge in [0, 0.05) is 11.9 Å². The highest BCUT2D eigenvalue weighted by Gasteiger charge is 2.03. The molecule has 4 nitrogen and oxygen atoms in total. The first kappa shape index (κ1) is 15.3. The van der Waals surface area contributed by atoms with Crippen molar-refractivity contribution in [1.82, 2.24) is 4.57 Å². The molecule has 0 spiro atoms. The molecule has 0 unspecified atom stereocenters. The van der Waals surface area contributed by atoms with Gasteiger partial charge in [-0.15, -0.1) is 0 Å². The quantitative estimate of drug-likeness (QED) is 0.446. The van der Waals surface area contributed by atoms with Crippen molar-refractivity contribution >= 4 is 22.9 Å². The van der Waals surface area contributed by atoms with Gasteiger partial charge in [-0.1, -0.05) is 42.5 Å². The van der Waals surface area contributed by atoms with Crippen LogP contribution in [0, 0.1) is 11.3 Å². The Bertz CT molecular complexity index is 986. The third-order valence-corrected chi connectivity index (χ3v) is 3.67.